The van der Waals surface area contributed by atoms with E-state index in [4.69, 9.17) is 0 Å². The van der Waals surface area contributed by atoms with Crippen molar-refractivity contribution < 1.29 is 18.7 Å². The maximum atomic E-state index is 9.59. The molecule has 0 aliphatic carbocycles. The van der Waals surface area contributed by atoms with E-state index in [1.54, 1.807) is 26.0 Å². The Morgan fingerprint density at radius 1 is 0.413 bits per heavy atom. The molecule has 8 aromatic carbocycles. The topological polar surface area (TPSA) is 35.5 Å². The predicted molar refractivity (Wildman–Crippen MR) is 341 cm³/mol. The third-order valence-electron chi connectivity index (χ3n) is 7.84. The highest BCUT2D eigenvalue weighted by Gasteiger charge is 1.89. The highest BCUT2D eigenvalue weighted by atomic mass is 35.5. The minimum absolute atomic E-state index is 0.245. The van der Waals surface area contributed by atoms with E-state index in [-0.39, 0.29) is 5.97 Å². The van der Waals surface area contributed by atoms with Crippen molar-refractivity contribution in [2.75, 3.05) is 47.4 Å². The van der Waals surface area contributed by atoms with Crippen molar-refractivity contribution >= 4 is 40.1 Å². The molecule has 414 valence electrons. The van der Waals surface area contributed by atoms with Crippen LogP contribution in [0.25, 0.3) is 10.8 Å². The second-order valence-corrected chi connectivity index (χ2v) is 17.5. The number of rotatable bonds is 0. The van der Waals surface area contributed by atoms with Gasteiger partial charge in [-0.2, -0.15) is 11.8 Å². The first-order valence-electron chi connectivity index (χ1n) is 25.1. The van der Waals surface area contributed by atoms with Gasteiger partial charge in [0, 0.05) is 27.5 Å². The summed E-state index contributed by atoms with van der Waals surface area (Å²) in [5.74, 6) is 0.588. The number of ether oxygens (including phenoxy) is 2. The number of alkyl halides is 2. The molecule has 0 aliphatic rings. The number of carbonyl (C=O) groups excluding carboxylic acids is 1. The van der Waals surface area contributed by atoms with Gasteiger partial charge in [0.15, 0.2) is 0 Å². The van der Waals surface area contributed by atoms with Crippen LogP contribution in [0.1, 0.15) is 86.9 Å². The SMILES string of the molecule is CC(C)C.CCC.CCl.CF.COC.COC(C)=O.CSC.Cc1ccc2ccccc2c1.Cc1ccccc1.Cc1ccccc1.Cc1ccccc1.Cc1ccccc1.Cc1ccccc1.Cc1ccccc1. The van der Waals surface area contributed by atoms with Gasteiger partial charge in [-0.05, 0) is 77.7 Å². The van der Waals surface area contributed by atoms with Gasteiger partial charge < -0.3 is 9.47 Å². The quantitative estimate of drug-likeness (QED) is 0.112. The van der Waals surface area contributed by atoms with Crippen LogP contribution in [0.5, 0.6) is 0 Å². The molecule has 0 unspecified atom stereocenters. The van der Waals surface area contributed by atoms with Crippen LogP contribution >= 0.6 is 23.4 Å². The number of carbonyl (C=O) groups is 1. The summed E-state index contributed by atoms with van der Waals surface area (Å²) in [4.78, 5) is 9.59. The molecule has 0 bridgehead atoms. The van der Waals surface area contributed by atoms with E-state index in [1.165, 1.54) is 76.6 Å². The van der Waals surface area contributed by atoms with Crippen LogP contribution in [-0.2, 0) is 14.3 Å². The van der Waals surface area contributed by atoms with Crippen LogP contribution in [0.2, 0.25) is 0 Å². The van der Waals surface area contributed by atoms with E-state index in [0.717, 1.165) is 5.92 Å². The van der Waals surface area contributed by atoms with Crippen molar-refractivity contribution in [3.8, 4) is 0 Å². The molecule has 0 saturated carbocycles. The van der Waals surface area contributed by atoms with Crippen LogP contribution in [0.15, 0.2) is 224 Å². The fourth-order valence-corrected chi connectivity index (χ4v) is 4.52. The fourth-order valence-electron chi connectivity index (χ4n) is 4.52. The molecule has 0 aromatic heterocycles. The monoisotopic (exact) mass is 1060 g/mol. The number of hydrogen-bond donors (Lipinski definition) is 0. The molecule has 0 amide bonds. The molecule has 0 N–H and O–H groups in total. The Morgan fingerprint density at radius 2 is 0.573 bits per heavy atom. The number of fused-ring (bicyclic) bond motifs is 1. The first-order chi connectivity index (χ1) is 36.0. The molecule has 0 atom stereocenters. The Morgan fingerprint density at radius 3 is 0.720 bits per heavy atom. The molecule has 0 saturated heterocycles. The van der Waals surface area contributed by atoms with Crippen molar-refractivity contribution in [1.29, 1.82) is 0 Å². The summed E-state index contributed by atoms with van der Waals surface area (Å²) >= 11 is 6.39. The third kappa shape index (κ3) is 72.3. The lowest BCUT2D eigenvalue weighted by Gasteiger charge is -1.96. The number of thioether (sulfide) groups is 1. The number of benzene rings is 8. The van der Waals surface area contributed by atoms with Gasteiger partial charge in [0.25, 0.3) is 0 Å². The van der Waals surface area contributed by atoms with E-state index in [2.05, 4.69) is 219 Å². The highest BCUT2D eigenvalue weighted by Crippen LogP contribution is 2.14. The molecule has 0 spiro atoms. The summed E-state index contributed by atoms with van der Waals surface area (Å²) in [5, 5.41) is 2.64. The van der Waals surface area contributed by atoms with E-state index in [9.17, 15) is 9.18 Å². The number of aryl methyl sites for hydroxylation is 7. The van der Waals surface area contributed by atoms with Gasteiger partial charge in [-0.1, -0.05) is 304 Å². The smallest absolute Gasteiger partial charge is 0.302 e. The van der Waals surface area contributed by atoms with E-state index >= 15 is 0 Å². The van der Waals surface area contributed by atoms with Gasteiger partial charge in [-0.15, -0.1) is 11.6 Å². The molecule has 0 aliphatic heterocycles. The van der Waals surface area contributed by atoms with E-state index in [0.29, 0.717) is 7.18 Å². The summed E-state index contributed by atoms with van der Waals surface area (Å²) < 4.78 is 17.9. The Balaban J connectivity index is -0.000000175. The average Bonchev–Trinajstić information content (AvgIpc) is 3.41. The van der Waals surface area contributed by atoms with Gasteiger partial charge in [0.1, 0.15) is 0 Å². The van der Waals surface area contributed by atoms with Gasteiger partial charge in [-0.25, -0.2) is 0 Å². The predicted octanol–water partition coefficient (Wildman–Crippen LogP) is 21.1. The van der Waals surface area contributed by atoms with E-state index in [1.807, 2.05) is 122 Å². The van der Waals surface area contributed by atoms with Crippen molar-refractivity contribution in [3.05, 3.63) is 263 Å². The Hall–Kier alpha value is -5.98. The van der Waals surface area contributed by atoms with Crippen molar-refractivity contribution in [1.82, 2.24) is 0 Å². The third-order valence-corrected chi connectivity index (χ3v) is 7.84. The Kier molecular flexibility index (Phi) is 70.8. The second-order valence-electron chi connectivity index (χ2n) is 16.7. The van der Waals surface area contributed by atoms with Crippen LogP contribution in [0.3, 0.4) is 0 Å². The standard InChI is InChI=1S/C11H10.6C7H8.C4H10.C3H6O2.C3H8.C2H6O.C2H6S.CH3Cl.CH3F/c1-9-6-7-10-4-2-3-5-11(10)8-9;6*1-7-5-3-2-4-6-7;1-4(2)3;1-3(4)5-2;3*1-3-2;2*1-2/h2-8H,1H3;6*2-6H,1H3;4H,1-3H3;1-2H3;3H2,1-2H3;2*1-2H3;2*1H3. The van der Waals surface area contributed by atoms with Gasteiger partial charge in [0.2, 0.25) is 0 Å². The molecular weight excluding hydrogens is 963 g/mol. The maximum absolute atomic E-state index is 9.59. The minimum Gasteiger partial charge on any atom is -0.469 e. The van der Waals surface area contributed by atoms with Crippen LogP contribution in [0, 0.1) is 54.4 Å². The van der Waals surface area contributed by atoms with Crippen LogP contribution in [-0.4, -0.2) is 53.4 Å². The van der Waals surface area contributed by atoms with Gasteiger partial charge in [0.05, 0.1) is 14.3 Å². The molecule has 0 radical (unpaired) electrons. The summed E-state index contributed by atoms with van der Waals surface area (Å²) in [6, 6.07) is 76.5. The molecule has 0 fully saturated rings. The first-order valence-corrected chi connectivity index (χ1v) is 27.5. The average molecular weight is 1060 g/mol. The first kappa shape index (κ1) is 80.4. The molecule has 8 aromatic rings. The normalized spacial score (nSPS) is 8.20. The molecule has 75 heavy (non-hydrogen) atoms. The van der Waals surface area contributed by atoms with Crippen LogP contribution in [0.4, 0.5) is 4.39 Å². The highest BCUT2D eigenvalue weighted by molar-refractivity contribution is 7.97. The molecule has 8 rings (SSSR count). The lowest BCUT2D eigenvalue weighted by molar-refractivity contribution is -0.137. The Bertz CT molecular complexity index is 1950. The van der Waals surface area contributed by atoms with Gasteiger partial charge >= 0.3 is 5.97 Å². The number of halogens is 2. The summed E-state index contributed by atoms with van der Waals surface area (Å²) in [6.45, 7) is 26.7. The summed E-state index contributed by atoms with van der Waals surface area (Å²) in [5.41, 5.74) is 9.25. The second kappa shape index (κ2) is 66.0. The molecule has 3 nitrogen and oxygen atoms in total. The summed E-state index contributed by atoms with van der Waals surface area (Å²) in [7, 11) is 5.10. The van der Waals surface area contributed by atoms with Gasteiger partial charge in [-0.3, -0.25) is 9.18 Å². The Labute approximate surface area is 469 Å². The summed E-state index contributed by atoms with van der Waals surface area (Å²) in [6.07, 6.45) is 6.81. The zero-order valence-electron chi connectivity index (χ0n) is 50.0. The zero-order chi connectivity index (χ0) is 58.3. The van der Waals surface area contributed by atoms with E-state index < -0.39 is 0 Å². The van der Waals surface area contributed by atoms with Crippen molar-refractivity contribution in [2.45, 2.75) is 96.4 Å². The number of hydrogen-bond acceptors (Lipinski definition) is 4. The largest absolute Gasteiger partial charge is 0.469 e. The lowest BCUT2D eigenvalue weighted by Crippen LogP contribution is -1.88. The lowest BCUT2D eigenvalue weighted by atomic mass is 10.1. The number of esters is 1. The number of methoxy groups -OCH3 is 2. The van der Waals surface area contributed by atoms with Crippen molar-refractivity contribution in [3.63, 3.8) is 0 Å². The minimum atomic E-state index is -0.245. The zero-order valence-corrected chi connectivity index (χ0v) is 51.6. The van der Waals surface area contributed by atoms with Crippen LogP contribution < -0.4 is 0 Å². The molecule has 0 heterocycles. The van der Waals surface area contributed by atoms with Crippen molar-refractivity contribution in [2.24, 2.45) is 5.92 Å². The molecule has 6 heteroatoms. The fraction of sp³-hybridized carbons (Fsp3) is 0.319. The molecular formula is C69H100ClFO3S. The maximum Gasteiger partial charge on any atom is 0.302 e.